The zero-order chi connectivity index (χ0) is 13.8. The van der Waals surface area contributed by atoms with Crippen LogP contribution in [0.2, 0.25) is 0 Å². The van der Waals surface area contributed by atoms with Gasteiger partial charge in [-0.2, -0.15) is 0 Å². The summed E-state index contributed by atoms with van der Waals surface area (Å²) in [5.41, 5.74) is 4.29. The molecule has 1 unspecified atom stereocenters. The molecule has 3 heteroatoms. The number of aromatic nitrogens is 2. The largest absolute Gasteiger partial charge is 0.333 e. The second kappa shape index (κ2) is 6.23. The summed E-state index contributed by atoms with van der Waals surface area (Å²) in [4.78, 5) is 4.27. The predicted octanol–water partition coefficient (Wildman–Crippen LogP) is 3.46. The van der Waals surface area contributed by atoms with Gasteiger partial charge in [0, 0.05) is 25.3 Å². The molecule has 0 amide bonds. The summed E-state index contributed by atoms with van der Waals surface area (Å²) < 4.78 is 2.25. The molecule has 1 N–H and O–H groups in total. The van der Waals surface area contributed by atoms with Crippen LogP contribution < -0.4 is 5.32 Å². The van der Waals surface area contributed by atoms with Crippen molar-refractivity contribution >= 4 is 0 Å². The Balaban J connectivity index is 1.69. The van der Waals surface area contributed by atoms with Gasteiger partial charge in [-0.05, 0) is 36.8 Å². The number of rotatable bonds is 5. The molecule has 1 aliphatic carbocycles. The Hall–Kier alpha value is -1.61. The van der Waals surface area contributed by atoms with Crippen molar-refractivity contribution in [1.82, 2.24) is 14.9 Å². The fraction of sp³-hybridized carbons (Fsp3) is 0.471. The smallest absolute Gasteiger partial charge is 0.0948 e. The lowest BCUT2D eigenvalue weighted by Crippen LogP contribution is -2.25. The molecule has 0 saturated heterocycles. The van der Waals surface area contributed by atoms with Gasteiger partial charge < -0.3 is 9.88 Å². The number of nitrogens with zero attached hydrogens (tertiary/aromatic N) is 2. The van der Waals surface area contributed by atoms with Crippen molar-refractivity contribution in [3.63, 3.8) is 0 Å². The van der Waals surface area contributed by atoms with Crippen molar-refractivity contribution in [2.24, 2.45) is 0 Å². The van der Waals surface area contributed by atoms with E-state index in [-0.39, 0.29) is 0 Å². The summed E-state index contributed by atoms with van der Waals surface area (Å²) >= 11 is 0. The van der Waals surface area contributed by atoms with Crippen molar-refractivity contribution < 1.29 is 0 Å². The number of aryl methyl sites for hydroxylation is 2. The van der Waals surface area contributed by atoms with Crippen LogP contribution in [0.4, 0.5) is 0 Å². The van der Waals surface area contributed by atoms with Crippen LogP contribution in [0.3, 0.4) is 0 Å². The summed E-state index contributed by atoms with van der Waals surface area (Å²) in [7, 11) is 0. The Labute approximate surface area is 121 Å². The quantitative estimate of drug-likeness (QED) is 0.901. The molecule has 2 aromatic rings. The third-order valence-electron chi connectivity index (χ3n) is 4.16. The van der Waals surface area contributed by atoms with Crippen LogP contribution in [0.5, 0.6) is 0 Å². The first-order chi connectivity index (χ1) is 9.88. The summed E-state index contributed by atoms with van der Waals surface area (Å²) in [5.74, 6) is 0. The highest BCUT2D eigenvalue weighted by atomic mass is 15.1. The topological polar surface area (TPSA) is 29.9 Å². The number of nitrogens with one attached hydrogen (secondary N) is 1. The van der Waals surface area contributed by atoms with E-state index in [9.17, 15) is 0 Å². The summed E-state index contributed by atoms with van der Waals surface area (Å²) in [6.45, 7) is 4.16. The van der Waals surface area contributed by atoms with E-state index in [0.717, 1.165) is 19.5 Å². The van der Waals surface area contributed by atoms with E-state index < -0.39 is 0 Å². The number of fused-ring (bicyclic) bond motifs is 1. The number of imidazole rings is 1. The minimum Gasteiger partial charge on any atom is -0.333 e. The second-order valence-corrected chi connectivity index (χ2v) is 5.60. The summed E-state index contributed by atoms with van der Waals surface area (Å²) in [5, 5.41) is 3.72. The lowest BCUT2D eigenvalue weighted by Gasteiger charge is -2.26. The van der Waals surface area contributed by atoms with E-state index in [1.165, 1.54) is 36.1 Å². The van der Waals surface area contributed by atoms with Crippen LogP contribution in [0.1, 0.15) is 49.0 Å². The van der Waals surface area contributed by atoms with E-state index in [1.807, 2.05) is 12.5 Å². The van der Waals surface area contributed by atoms with E-state index in [2.05, 4.69) is 46.1 Å². The van der Waals surface area contributed by atoms with Gasteiger partial charge in [0.1, 0.15) is 0 Å². The van der Waals surface area contributed by atoms with Crippen LogP contribution in [0.15, 0.2) is 36.8 Å². The molecule has 1 aliphatic rings. The molecule has 20 heavy (non-hydrogen) atoms. The molecule has 0 fully saturated rings. The van der Waals surface area contributed by atoms with Gasteiger partial charge in [-0.3, -0.25) is 0 Å². The first-order valence-corrected chi connectivity index (χ1v) is 7.68. The zero-order valence-electron chi connectivity index (χ0n) is 12.2. The van der Waals surface area contributed by atoms with Gasteiger partial charge >= 0.3 is 0 Å². The lowest BCUT2D eigenvalue weighted by atomic mass is 9.88. The molecular formula is C17H23N3. The number of benzene rings is 1. The highest BCUT2D eigenvalue weighted by Crippen LogP contribution is 2.29. The van der Waals surface area contributed by atoms with Gasteiger partial charge in [0.25, 0.3) is 0 Å². The Morgan fingerprint density at radius 1 is 1.35 bits per heavy atom. The molecule has 0 saturated carbocycles. The third-order valence-corrected chi connectivity index (χ3v) is 4.16. The van der Waals surface area contributed by atoms with Crippen LogP contribution in [-0.2, 0) is 19.5 Å². The minimum absolute atomic E-state index is 0.491. The van der Waals surface area contributed by atoms with Crippen molar-refractivity contribution in [3.05, 3.63) is 53.6 Å². The van der Waals surface area contributed by atoms with E-state index in [0.29, 0.717) is 6.04 Å². The van der Waals surface area contributed by atoms with Crippen molar-refractivity contribution in [1.29, 1.82) is 0 Å². The highest BCUT2D eigenvalue weighted by molar-refractivity contribution is 5.32. The minimum atomic E-state index is 0.491. The Morgan fingerprint density at radius 3 is 3.15 bits per heavy atom. The Bertz CT molecular complexity index is 559. The third kappa shape index (κ3) is 2.78. The lowest BCUT2D eigenvalue weighted by molar-refractivity contribution is 0.449. The molecule has 0 aliphatic heterocycles. The fourth-order valence-electron chi connectivity index (χ4n) is 3.13. The van der Waals surface area contributed by atoms with Crippen molar-refractivity contribution in [3.8, 4) is 0 Å². The average Bonchev–Trinajstić information content (AvgIpc) is 2.93. The molecule has 106 valence electrons. The van der Waals surface area contributed by atoms with Gasteiger partial charge in [-0.1, -0.05) is 31.2 Å². The van der Waals surface area contributed by atoms with Crippen LogP contribution >= 0.6 is 0 Å². The summed E-state index contributed by atoms with van der Waals surface area (Å²) in [6, 6.07) is 9.34. The predicted molar refractivity (Wildman–Crippen MR) is 81.5 cm³/mol. The fourth-order valence-corrected chi connectivity index (χ4v) is 3.13. The first-order valence-electron chi connectivity index (χ1n) is 7.68. The molecule has 3 nitrogen and oxygen atoms in total. The Morgan fingerprint density at radius 2 is 2.25 bits per heavy atom. The number of hydrogen-bond donors (Lipinski definition) is 1. The monoisotopic (exact) mass is 269 g/mol. The number of hydrogen-bond acceptors (Lipinski definition) is 2. The van der Waals surface area contributed by atoms with Gasteiger partial charge in [0.2, 0.25) is 0 Å². The molecule has 3 rings (SSSR count). The average molecular weight is 269 g/mol. The highest BCUT2D eigenvalue weighted by Gasteiger charge is 2.19. The van der Waals surface area contributed by atoms with Crippen molar-refractivity contribution in [2.45, 2.75) is 51.7 Å². The maximum atomic E-state index is 4.27. The van der Waals surface area contributed by atoms with Gasteiger partial charge in [-0.15, -0.1) is 0 Å². The molecule has 0 radical (unpaired) electrons. The second-order valence-electron chi connectivity index (χ2n) is 5.60. The van der Waals surface area contributed by atoms with E-state index in [4.69, 9.17) is 0 Å². The van der Waals surface area contributed by atoms with Crippen LogP contribution in [-0.4, -0.2) is 9.55 Å². The van der Waals surface area contributed by atoms with Crippen LogP contribution in [0.25, 0.3) is 0 Å². The molecule has 1 atom stereocenters. The maximum absolute atomic E-state index is 4.27. The van der Waals surface area contributed by atoms with Gasteiger partial charge in [0.15, 0.2) is 0 Å². The standard InChI is InChI=1S/C17H23N3/c1-2-10-20-13-18-11-15(20)12-19-17-9-5-7-14-6-3-4-8-16(14)17/h3-4,6,8,11,13,17,19H,2,5,7,9-10,12H2,1H3. The molecule has 0 spiro atoms. The van der Waals surface area contributed by atoms with E-state index in [1.54, 1.807) is 0 Å². The summed E-state index contributed by atoms with van der Waals surface area (Å²) in [6.07, 6.45) is 8.81. The SMILES string of the molecule is CCCn1cncc1CNC1CCCc2ccccc21. The van der Waals surface area contributed by atoms with Gasteiger partial charge in [0.05, 0.1) is 12.0 Å². The molecule has 1 aromatic heterocycles. The van der Waals surface area contributed by atoms with E-state index >= 15 is 0 Å². The molecular weight excluding hydrogens is 246 g/mol. The van der Waals surface area contributed by atoms with Crippen LogP contribution in [0, 0.1) is 0 Å². The Kier molecular flexibility index (Phi) is 4.16. The molecule has 0 bridgehead atoms. The molecule has 1 aromatic carbocycles. The van der Waals surface area contributed by atoms with Crippen molar-refractivity contribution in [2.75, 3.05) is 0 Å². The van der Waals surface area contributed by atoms with Gasteiger partial charge in [-0.25, -0.2) is 4.98 Å². The first kappa shape index (κ1) is 13.4. The normalized spacial score (nSPS) is 17.9. The zero-order valence-corrected chi connectivity index (χ0v) is 12.2. The maximum Gasteiger partial charge on any atom is 0.0948 e. The molecule has 1 heterocycles.